The molecule has 1 heterocycles. The molecule has 4 aliphatic carbocycles. The third kappa shape index (κ3) is 4.38. The smallest absolute Gasteiger partial charge is 0.261 e. The van der Waals surface area contributed by atoms with Gasteiger partial charge in [-0.3, -0.25) is 14.6 Å². The van der Waals surface area contributed by atoms with Gasteiger partial charge in [0.2, 0.25) is 0 Å². The molecule has 7 atom stereocenters. The highest BCUT2D eigenvalue weighted by Crippen LogP contribution is 2.67. The molecule has 0 radical (unpaired) electrons. The number of amides is 1. The zero-order valence-electron chi connectivity index (χ0n) is 22.2. The number of carbonyl (C=O) groups is 2. The number of pyridine rings is 1. The van der Waals surface area contributed by atoms with E-state index >= 15 is 0 Å². The van der Waals surface area contributed by atoms with E-state index in [4.69, 9.17) is 4.84 Å². The minimum atomic E-state index is -1.58. The maximum atomic E-state index is 12.6. The van der Waals surface area contributed by atoms with Crippen LogP contribution in [-0.4, -0.2) is 62.6 Å². The molecule has 4 unspecified atom stereocenters. The van der Waals surface area contributed by atoms with Crippen LogP contribution in [0.25, 0.3) is 0 Å². The summed E-state index contributed by atoms with van der Waals surface area (Å²) in [4.78, 5) is 34.3. The van der Waals surface area contributed by atoms with Gasteiger partial charge < -0.3 is 25.5 Å². The van der Waals surface area contributed by atoms with E-state index < -0.39 is 29.5 Å². The van der Waals surface area contributed by atoms with E-state index in [-0.39, 0.29) is 35.7 Å². The fraction of sp³-hybridized carbons (Fsp3) is 0.655. The summed E-state index contributed by atoms with van der Waals surface area (Å²) in [5.41, 5.74) is 0.290. The van der Waals surface area contributed by atoms with Gasteiger partial charge in [-0.2, -0.15) is 0 Å². The summed E-state index contributed by atoms with van der Waals surface area (Å²) in [5.74, 6) is -0.438. The number of allylic oxidation sites excluding steroid dienone is 2. The van der Waals surface area contributed by atoms with Gasteiger partial charge in [-0.05, 0) is 86.3 Å². The molecule has 206 valence electrons. The first-order valence-corrected chi connectivity index (χ1v) is 13.7. The van der Waals surface area contributed by atoms with E-state index in [0.717, 1.165) is 37.1 Å². The Kier molecular flexibility index (Phi) is 7.22. The average molecular weight is 526 g/mol. The number of hydrogen-bond donors (Lipinski definition) is 4. The molecular formula is C29H39N3O6. The second kappa shape index (κ2) is 10.2. The Balaban J connectivity index is 1.25. The molecule has 1 amide bonds. The number of nitrogens with one attached hydrogen (secondary N) is 1. The highest BCUT2D eigenvalue weighted by atomic mass is 16.6. The lowest BCUT2D eigenvalue weighted by atomic mass is 9.45. The van der Waals surface area contributed by atoms with Crippen LogP contribution in [0.15, 0.2) is 41.2 Å². The monoisotopic (exact) mass is 525 g/mol. The number of aromatic nitrogens is 1. The second-order valence-corrected chi connectivity index (χ2v) is 12.0. The van der Waals surface area contributed by atoms with Crippen molar-refractivity contribution < 1.29 is 29.7 Å². The van der Waals surface area contributed by atoms with Gasteiger partial charge in [0.05, 0.1) is 24.1 Å². The van der Waals surface area contributed by atoms with E-state index in [0.29, 0.717) is 25.8 Å². The molecule has 1 aromatic heterocycles. The number of fused-ring (bicyclic) bond motifs is 5. The van der Waals surface area contributed by atoms with Crippen molar-refractivity contribution in [3.63, 3.8) is 0 Å². The molecule has 0 bridgehead atoms. The van der Waals surface area contributed by atoms with E-state index in [2.05, 4.69) is 28.5 Å². The standard InChI is InChI=1S/C29H39N3O6/c1-27-10-8-19(32-38-17-25(36)31-15-20-5-3-4-12-30-20)13-18(27)6-7-21-22-9-11-29(37,24(35)16-33)28(22,2)14-23(34)26(21)27/h3-5,12-13,21-23,26,33-34,37H,6-11,14-17H2,1-2H3,(H,31,36)/b32-19-/t21?,22?,23?,26?,27-,28-,29-/m0/s1. The van der Waals surface area contributed by atoms with Gasteiger partial charge in [-0.25, -0.2) is 0 Å². The van der Waals surface area contributed by atoms with Gasteiger partial charge in [0, 0.05) is 11.6 Å². The quantitative estimate of drug-likeness (QED) is 0.400. The predicted molar refractivity (Wildman–Crippen MR) is 140 cm³/mol. The summed E-state index contributed by atoms with van der Waals surface area (Å²) < 4.78 is 0. The van der Waals surface area contributed by atoms with Crippen LogP contribution >= 0.6 is 0 Å². The van der Waals surface area contributed by atoms with E-state index in [1.165, 1.54) is 5.57 Å². The number of hydrogen-bond acceptors (Lipinski definition) is 8. The van der Waals surface area contributed by atoms with Crippen molar-refractivity contribution in [1.82, 2.24) is 10.3 Å². The van der Waals surface area contributed by atoms with Crippen molar-refractivity contribution in [2.24, 2.45) is 33.7 Å². The maximum Gasteiger partial charge on any atom is 0.261 e. The van der Waals surface area contributed by atoms with E-state index in [1.807, 2.05) is 25.1 Å². The van der Waals surface area contributed by atoms with Crippen molar-refractivity contribution in [3.05, 3.63) is 41.7 Å². The summed E-state index contributed by atoms with van der Waals surface area (Å²) >= 11 is 0. The van der Waals surface area contributed by atoms with Gasteiger partial charge >= 0.3 is 0 Å². The number of ketones is 1. The van der Waals surface area contributed by atoms with Crippen molar-refractivity contribution in [3.8, 4) is 0 Å². The van der Waals surface area contributed by atoms with Crippen LogP contribution in [0.5, 0.6) is 0 Å². The molecule has 4 N–H and O–H groups in total. The molecule has 4 aliphatic rings. The minimum absolute atomic E-state index is 0.0343. The highest BCUT2D eigenvalue weighted by Gasteiger charge is 2.68. The molecule has 9 heteroatoms. The fourth-order valence-electron chi connectivity index (χ4n) is 8.28. The lowest BCUT2D eigenvalue weighted by Crippen LogP contribution is -2.62. The van der Waals surface area contributed by atoms with Crippen LogP contribution in [0.1, 0.15) is 64.5 Å². The SMILES string of the molecule is C[C@]12CC/C(=N/OCC(=O)NCc3ccccn3)C=C1CCC1C2C(O)C[C@@]2(C)C1CC[C@]2(O)C(=O)CO. The molecule has 0 aromatic carbocycles. The van der Waals surface area contributed by atoms with Crippen molar-refractivity contribution in [2.45, 2.75) is 77.0 Å². The third-order valence-electron chi connectivity index (χ3n) is 10.2. The molecule has 0 aliphatic heterocycles. The first kappa shape index (κ1) is 27.0. The summed E-state index contributed by atoms with van der Waals surface area (Å²) in [7, 11) is 0. The average Bonchev–Trinajstić information content (AvgIpc) is 3.18. The van der Waals surface area contributed by atoms with Crippen molar-refractivity contribution in [1.29, 1.82) is 0 Å². The highest BCUT2D eigenvalue weighted by molar-refractivity contribution is 5.96. The predicted octanol–water partition coefficient (Wildman–Crippen LogP) is 2.30. The molecule has 0 saturated heterocycles. The molecule has 38 heavy (non-hydrogen) atoms. The van der Waals surface area contributed by atoms with Gasteiger partial charge in [-0.15, -0.1) is 0 Å². The Labute approximate surface area is 223 Å². The lowest BCUT2D eigenvalue weighted by molar-refractivity contribution is -0.181. The second-order valence-electron chi connectivity index (χ2n) is 12.0. The Morgan fingerprint density at radius 1 is 1.21 bits per heavy atom. The molecule has 5 rings (SSSR count). The van der Waals surface area contributed by atoms with E-state index in [1.54, 1.807) is 6.20 Å². The van der Waals surface area contributed by atoms with Crippen LogP contribution in [0.2, 0.25) is 0 Å². The van der Waals surface area contributed by atoms with E-state index in [9.17, 15) is 24.9 Å². The fourth-order valence-corrected chi connectivity index (χ4v) is 8.28. The third-order valence-corrected chi connectivity index (χ3v) is 10.2. The van der Waals surface area contributed by atoms with Gasteiger partial charge in [0.25, 0.3) is 5.91 Å². The van der Waals surface area contributed by atoms with Crippen molar-refractivity contribution in [2.75, 3.05) is 13.2 Å². The molecule has 3 saturated carbocycles. The first-order chi connectivity index (χ1) is 18.1. The Morgan fingerprint density at radius 3 is 2.76 bits per heavy atom. The summed E-state index contributed by atoms with van der Waals surface area (Å²) in [6, 6.07) is 5.53. The zero-order valence-corrected chi connectivity index (χ0v) is 22.2. The number of aliphatic hydroxyl groups is 3. The molecule has 1 aromatic rings. The normalized spacial score (nSPS) is 39.0. The minimum Gasteiger partial charge on any atom is -0.393 e. The van der Waals surface area contributed by atoms with Crippen LogP contribution in [-0.2, 0) is 21.0 Å². The Hall–Kier alpha value is -2.62. The molecule has 0 spiro atoms. The maximum absolute atomic E-state index is 12.6. The van der Waals surface area contributed by atoms with Crippen LogP contribution in [0, 0.1) is 28.6 Å². The summed E-state index contributed by atoms with van der Waals surface area (Å²) in [6.45, 7) is 3.64. The van der Waals surface area contributed by atoms with Crippen LogP contribution < -0.4 is 5.32 Å². The first-order valence-electron chi connectivity index (χ1n) is 13.7. The van der Waals surface area contributed by atoms with Gasteiger partial charge in [-0.1, -0.05) is 30.6 Å². The molecular weight excluding hydrogens is 486 g/mol. The number of oxime groups is 1. The number of aliphatic hydroxyl groups excluding tert-OH is 2. The van der Waals surface area contributed by atoms with Gasteiger partial charge in [0.15, 0.2) is 12.4 Å². The number of Topliss-reactive ketones (excluding diaryl/α,β-unsaturated/α-hetero) is 1. The van der Waals surface area contributed by atoms with Crippen LogP contribution in [0.4, 0.5) is 0 Å². The molecule has 3 fully saturated rings. The lowest BCUT2D eigenvalue weighted by Gasteiger charge is -2.60. The molecule has 9 nitrogen and oxygen atoms in total. The number of rotatable bonds is 7. The van der Waals surface area contributed by atoms with Crippen molar-refractivity contribution >= 4 is 17.4 Å². The Bertz CT molecular complexity index is 1140. The largest absolute Gasteiger partial charge is 0.393 e. The van der Waals surface area contributed by atoms with Crippen LogP contribution in [0.3, 0.4) is 0 Å². The number of carbonyl (C=O) groups excluding carboxylic acids is 2. The summed E-state index contributed by atoms with van der Waals surface area (Å²) in [6.07, 6.45) is 7.74. The topological polar surface area (TPSA) is 141 Å². The summed E-state index contributed by atoms with van der Waals surface area (Å²) in [5, 5.41) is 39.4. The Morgan fingerprint density at radius 2 is 2.03 bits per heavy atom. The van der Waals surface area contributed by atoms with Gasteiger partial charge in [0.1, 0.15) is 12.2 Å². The number of nitrogens with zero attached hydrogens (tertiary/aromatic N) is 2. The zero-order chi connectivity index (χ0) is 27.1.